The molecule has 1 aromatic carbocycles. The summed E-state index contributed by atoms with van der Waals surface area (Å²) in [4.78, 5) is 24.3. The molecule has 1 aliphatic heterocycles. The summed E-state index contributed by atoms with van der Waals surface area (Å²) < 4.78 is 50.9. The highest BCUT2D eigenvalue weighted by atomic mass is 19.4. The van der Waals surface area contributed by atoms with E-state index in [0.29, 0.717) is 12.1 Å². The van der Waals surface area contributed by atoms with E-state index < -0.39 is 35.5 Å². The molecule has 1 saturated heterocycles. The van der Waals surface area contributed by atoms with E-state index in [1.54, 1.807) is 0 Å². The normalized spacial score (nSPS) is 18.3. The minimum atomic E-state index is -4.80. The molecule has 1 aliphatic rings. The molecule has 0 spiro atoms. The van der Waals surface area contributed by atoms with Crippen LogP contribution < -0.4 is 10.6 Å². The van der Waals surface area contributed by atoms with Gasteiger partial charge in [0.2, 0.25) is 5.91 Å². The third-order valence-corrected chi connectivity index (χ3v) is 3.34. The first kappa shape index (κ1) is 16.1. The minimum Gasteiger partial charge on any atom is -0.350 e. The lowest BCUT2D eigenvalue weighted by atomic mass is 10.1. The molecular weight excluding hydrogens is 306 g/mol. The first-order valence-corrected chi connectivity index (χ1v) is 6.34. The van der Waals surface area contributed by atoms with Gasteiger partial charge in [0.1, 0.15) is 11.9 Å². The summed E-state index contributed by atoms with van der Waals surface area (Å²) >= 11 is 0. The number of rotatable bonds is 3. The fraction of sp³-hybridized carbons (Fsp3) is 0.385. The maximum atomic E-state index is 13.1. The summed E-state index contributed by atoms with van der Waals surface area (Å²) in [6.45, 7) is -0.0703. The lowest BCUT2D eigenvalue weighted by Gasteiger charge is -2.17. The smallest absolute Gasteiger partial charge is 0.350 e. The van der Waals surface area contributed by atoms with Crippen molar-refractivity contribution < 1.29 is 27.2 Å². The Hall–Kier alpha value is -2.32. The van der Waals surface area contributed by atoms with Crippen LogP contribution in [0.1, 0.15) is 11.1 Å². The molecule has 9 heteroatoms. The summed E-state index contributed by atoms with van der Waals surface area (Å²) in [5.41, 5.74) is -1.27. The van der Waals surface area contributed by atoms with Crippen LogP contribution >= 0.6 is 0 Å². The molecule has 1 fully saturated rings. The Bertz CT molecular complexity index is 603. The van der Waals surface area contributed by atoms with E-state index in [2.05, 4.69) is 10.6 Å². The first-order valence-electron chi connectivity index (χ1n) is 6.34. The van der Waals surface area contributed by atoms with Gasteiger partial charge in [0.15, 0.2) is 0 Å². The molecule has 22 heavy (non-hydrogen) atoms. The summed E-state index contributed by atoms with van der Waals surface area (Å²) in [5, 5.41) is 4.89. The van der Waals surface area contributed by atoms with E-state index in [-0.39, 0.29) is 18.7 Å². The Morgan fingerprint density at radius 3 is 2.68 bits per heavy atom. The fourth-order valence-electron chi connectivity index (χ4n) is 2.06. The highest BCUT2D eigenvalue weighted by molar-refractivity contribution is 5.90. The maximum Gasteiger partial charge on any atom is 0.419 e. The predicted molar refractivity (Wildman–Crippen MR) is 68.2 cm³/mol. The third kappa shape index (κ3) is 3.29. The second-order valence-electron chi connectivity index (χ2n) is 4.84. The zero-order valence-corrected chi connectivity index (χ0v) is 11.5. The monoisotopic (exact) mass is 319 g/mol. The molecule has 0 aromatic heterocycles. The van der Waals surface area contributed by atoms with Gasteiger partial charge < -0.3 is 15.5 Å². The minimum absolute atomic E-state index is 0.113. The van der Waals surface area contributed by atoms with Crippen LogP contribution in [0.4, 0.5) is 22.4 Å². The quantitative estimate of drug-likeness (QED) is 0.829. The van der Waals surface area contributed by atoms with Gasteiger partial charge in [0.05, 0.1) is 5.56 Å². The number of likely N-dealkylation sites (N-methyl/N-ethyl adjacent to an activating group) is 1. The van der Waals surface area contributed by atoms with Gasteiger partial charge in [-0.25, -0.2) is 9.18 Å². The van der Waals surface area contributed by atoms with Crippen molar-refractivity contribution in [3.63, 3.8) is 0 Å². The Morgan fingerprint density at radius 1 is 1.45 bits per heavy atom. The molecule has 1 heterocycles. The number of urea groups is 1. The van der Waals surface area contributed by atoms with E-state index in [1.807, 2.05) is 0 Å². The number of carbonyl (C=O) groups excluding carboxylic acids is 2. The van der Waals surface area contributed by atoms with Crippen LogP contribution in [0.15, 0.2) is 18.2 Å². The Morgan fingerprint density at radius 2 is 2.14 bits per heavy atom. The van der Waals surface area contributed by atoms with E-state index in [1.165, 1.54) is 11.9 Å². The maximum absolute atomic E-state index is 13.1. The number of carbonyl (C=O) groups is 2. The number of benzene rings is 1. The SMILES string of the molecule is CN1C(=O)NC[C@H]1C(=O)NCc1ccc(F)c(C(F)(F)F)c1. The number of alkyl halides is 3. The summed E-state index contributed by atoms with van der Waals surface area (Å²) in [5.74, 6) is -1.87. The standard InChI is InChI=1S/C13H13F4N3O2/c1-20-10(6-19-12(20)22)11(21)18-5-7-2-3-9(14)8(4-7)13(15,16)17/h2-4,10H,5-6H2,1H3,(H,18,21)(H,19,22)/t10-/m0/s1. The van der Waals surface area contributed by atoms with Crippen LogP contribution in [0.3, 0.4) is 0 Å². The van der Waals surface area contributed by atoms with Gasteiger partial charge in [-0.3, -0.25) is 4.79 Å². The van der Waals surface area contributed by atoms with Crippen LogP contribution in [-0.4, -0.2) is 36.5 Å². The summed E-state index contributed by atoms with van der Waals surface area (Å²) in [6.07, 6.45) is -4.80. The zero-order chi connectivity index (χ0) is 16.5. The predicted octanol–water partition coefficient (Wildman–Crippen LogP) is 1.48. The van der Waals surface area contributed by atoms with Crippen molar-refractivity contribution in [3.8, 4) is 0 Å². The molecule has 0 aliphatic carbocycles. The molecule has 2 rings (SSSR count). The Kier molecular flexibility index (Phi) is 4.25. The molecule has 0 bridgehead atoms. The number of nitrogens with one attached hydrogen (secondary N) is 2. The molecule has 0 radical (unpaired) electrons. The zero-order valence-electron chi connectivity index (χ0n) is 11.5. The van der Waals surface area contributed by atoms with Crippen LogP contribution in [0, 0.1) is 5.82 Å². The molecule has 0 unspecified atom stereocenters. The molecular formula is C13H13F4N3O2. The number of hydrogen-bond acceptors (Lipinski definition) is 2. The van der Waals surface area contributed by atoms with Crippen molar-refractivity contribution >= 4 is 11.9 Å². The van der Waals surface area contributed by atoms with Crippen LogP contribution in [0.25, 0.3) is 0 Å². The van der Waals surface area contributed by atoms with Gasteiger partial charge in [-0.15, -0.1) is 0 Å². The Balaban J connectivity index is 2.03. The number of hydrogen-bond donors (Lipinski definition) is 2. The lowest BCUT2D eigenvalue weighted by molar-refractivity contribution is -0.140. The van der Waals surface area contributed by atoms with E-state index in [9.17, 15) is 27.2 Å². The van der Waals surface area contributed by atoms with E-state index in [4.69, 9.17) is 0 Å². The van der Waals surface area contributed by atoms with Crippen molar-refractivity contribution in [1.29, 1.82) is 0 Å². The first-order chi connectivity index (χ1) is 10.2. The molecule has 3 amide bonds. The van der Waals surface area contributed by atoms with E-state index in [0.717, 1.165) is 6.07 Å². The van der Waals surface area contributed by atoms with Crippen molar-refractivity contribution in [1.82, 2.24) is 15.5 Å². The average molecular weight is 319 g/mol. The molecule has 5 nitrogen and oxygen atoms in total. The van der Waals surface area contributed by atoms with Crippen LogP contribution in [0.5, 0.6) is 0 Å². The summed E-state index contributed by atoms with van der Waals surface area (Å²) in [6, 6.07) is 1.39. The van der Waals surface area contributed by atoms with Gasteiger partial charge in [-0.1, -0.05) is 6.07 Å². The van der Waals surface area contributed by atoms with Gasteiger partial charge >= 0.3 is 12.2 Å². The molecule has 120 valence electrons. The van der Waals surface area contributed by atoms with Crippen molar-refractivity contribution in [2.24, 2.45) is 0 Å². The molecule has 2 N–H and O–H groups in total. The van der Waals surface area contributed by atoms with E-state index >= 15 is 0 Å². The average Bonchev–Trinajstić information content (AvgIpc) is 2.76. The van der Waals surface area contributed by atoms with Crippen LogP contribution in [-0.2, 0) is 17.5 Å². The molecule has 1 atom stereocenters. The van der Waals surface area contributed by atoms with Gasteiger partial charge in [0.25, 0.3) is 0 Å². The topological polar surface area (TPSA) is 61.4 Å². The van der Waals surface area contributed by atoms with Gasteiger partial charge in [0, 0.05) is 20.1 Å². The fourth-order valence-corrected chi connectivity index (χ4v) is 2.06. The lowest BCUT2D eigenvalue weighted by Crippen LogP contribution is -2.43. The largest absolute Gasteiger partial charge is 0.419 e. The second kappa shape index (κ2) is 5.82. The number of halogens is 4. The van der Waals surface area contributed by atoms with Gasteiger partial charge in [-0.2, -0.15) is 13.2 Å². The highest BCUT2D eigenvalue weighted by Crippen LogP contribution is 2.31. The second-order valence-corrected chi connectivity index (χ2v) is 4.84. The number of amides is 3. The highest BCUT2D eigenvalue weighted by Gasteiger charge is 2.35. The third-order valence-electron chi connectivity index (χ3n) is 3.34. The molecule has 0 saturated carbocycles. The van der Waals surface area contributed by atoms with Crippen molar-refractivity contribution in [2.45, 2.75) is 18.8 Å². The van der Waals surface area contributed by atoms with Crippen molar-refractivity contribution in [3.05, 3.63) is 35.1 Å². The summed E-state index contributed by atoms with van der Waals surface area (Å²) in [7, 11) is 1.44. The van der Waals surface area contributed by atoms with Crippen molar-refractivity contribution in [2.75, 3.05) is 13.6 Å². The Labute approximate surface area is 123 Å². The molecule has 1 aromatic rings. The number of nitrogens with zero attached hydrogens (tertiary/aromatic N) is 1. The van der Waals surface area contributed by atoms with Gasteiger partial charge in [-0.05, 0) is 17.7 Å². The van der Waals surface area contributed by atoms with Crippen LogP contribution in [0.2, 0.25) is 0 Å².